The quantitative estimate of drug-likeness (QED) is 0.0596. The number of rotatable bonds is 17. The van der Waals surface area contributed by atoms with Gasteiger partial charge in [0, 0.05) is 56.4 Å². The third kappa shape index (κ3) is 11.4. The molecule has 7 heterocycles. The number of aromatic hydroxyl groups is 1. The van der Waals surface area contributed by atoms with E-state index in [1.807, 2.05) is 82.6 Å². The molecule has 6 aromatic rings. The molecule has 5 N–H and O–H groups in total. The zero-order valence-electron chi connectivity index (χ0n) is 46.1. The number of phenolic OH excluding ortho intramolecular Hbond substituents is 1. The Kier molecular flexibility index (Phi) is 15.4. The van der Waals surface area contributed by atoms with Crippen LogP contribution in [0.15, 0.2) is 66.3 Å². The Bertz CT molecular complexity index is 3240. The maximum Gasteiger partial charge on any atom is 0.319 e. The number of anilines is 1. The van der Waals surface area contributed by atoms with E-state index in [-0.39, 0.29) is 66.3 Å². The molecule has 1 aliphatic carbocycles. The van der Waals surface area contributed by atoms with Gasteiger partial charge in [-0.1, -0.05) is 70.2 Å². The Morgan fingerprint density at radius 1 is 0.975 bits per heavy atom. The molecule has 4 aliphatic heterocycles. The highest BCUT2D eigenvalue weighted by Crippen LogP contribution is 2.43. The molecule has 6 atom stereocenters. The number of β-amino-alcohol motifs (C(OH)–C–C–N with tert-alkyl or cyclic N) is 1. The number of nitrogens with one attached hydrogen (secondary N) is 3. The number of amides is 3. The largest absolute Gasteiger partial charge is 0.508 e. The first-order valence-corrected chi connectivity index (χ1v) is 29.0. The first-order chi connectivity index (χ1) is 37.9. The Balaban J connectivity index is 0.697. The highest BCUT2D eigenvalue weighted by molar-refractivity contribution is 7.13. The van der Waals surface area contributed by atoms with Gasteiger partial charge < -0.3 is 45.4 Å². The molecule has 2 bridgehead atoms. The average molecular weight is 1100 g/mol. The number of aliphatic hydroxyl groups is 1. The molecule has 3 aromatic carbocycles. The van der Waals surface area contributed by atoms with E-state index in [4.69, 9.17) is 24.4 Å². The lowest BCUT2D eigenvalue weighted by atomic mass is 9.85. The molecule has 418 valence electrons. The normalized spacial score (nSPS) is 22.1. The molecule has 3 aromatic heterocycles. The highest BCUT2D eigenvalue weighted by atomic mass is 32.1. The number of phenols is 1. The monoisotopic (exact) mass is 1100 g/mol. The van der Waals surface area contributed by atoms with Crippen molar-refractivity contribution in [3.8, 4) is 33.5 Å². The number of piperazine rings is 1. The standard InChI is InChI=1S/C60H73FN10O7S/c1-7-37-9-8-10-40-25-43(72)26-45(48(37)40)50-49(61)51-46(28-62-50)54(70-29-41-15-16-42(30-70)65-41)68-58(66-51)77-24-23-69-21-17-36(18-22-69)32-78-60(19-20-60)57(76)67-53(59(4,5)6)56(75)71-31-44(73)27-47(71)55(74)64-34(2)38-11-13-39(14-12-38)52-35(3)63-33-79-52/h8-14,25-26,28,33-34,36,41-42,44,47,53,65,72-73H,7,15-24,27,29-32H2,1-6H3,(H,64,74)(H,67,76)/t34-,41?,42?,44+,47-,53+/m0/s1. The van der Waals surface area contributed by atoms with Crippen LogP contribution in [0.2, 0.25) is 0 Å². The maximum absolute atomic E-state index is 17.1. The number of piperidine rings is 1. The van der Waals surface area contributed by atoms with Crippen LogP contribution >= 0.6 is 11.3 Å². The molecule has 19 heteroatoms. The number of aliphatic hydroxyl groups excluding tert-OH is 1. The second kappa shape index (κ2) is 22.3. The van der Waals surface area contributed by atoms with Crippen LogP contribution in [-0.4, -0.2) is 146 Å². The van der Waals surface area contributed by atoms with Gasteiger partial charge in [-0.3, -0.25) is 24.3 Å². The van der Waals surface area contributed by atoms with Crippen molar-refractivity contribution in [2.45, 2.75) is 135 Å². The van der Waals surface area contributed by atoms with Gasteiger partial charge >= 0.3 is 6.01 Å². The van der Waals surface area contributed by atoms with Crippen LogP contribution in [0.1, 0.15) is 102 Å². The number of aromatic nitrogens is 4. The number of hydrogen-bond acceptors (Lipinski definition) is 15. The van der Waals surface area contributed by atoms with E-state index in [9.17, 15) is 24.6 Å². The van der Waals surface area contributed by atoms with Gasteiger partial charge in [0.1, 0.15) is 47.1 Å². The molecule has 79 heavy (non-hydrogen) atoms. The van der Waals surface area contributed by atoms with E-state index in [1.165, 1.54) is 4.90 Å². The van der Waals surface area contributed by atoms with Gasteiger partial charge in [-0.2, -0.15) is 9.97 Å². The molecule has 11 rings (SSSR count). The zero-order chi connectivity index (χ0) is 55.3. The van der Waals surface area contributed by atoms with Crippen molar-refractivity contribution in [3.05, 3.63) is 88.9 Å². The minimum atomic E-state index is -1.03. The lowest BCUT2D eigenvalue weighted by Crippen LogP contribution is -2.59. The number of nitrogens with zero attached hydrogens (tertiary/aromatic N) is 7. The van der Waals surface area contributed by atoms with Crippen LogP contribution < -0.4 is 25.6 Å². The van der Waals surface area contributed by atoms with Gasteiger partial charge in [0.2, 0.25) is 11.8 Å². The number of ether oxygens (including phenoxy) is 2. The summed E-state index contributed by atoms with van der Waals surface area (Å²) in [6, 6.07) is 15.6. The number of hydrogen-bond donors (Lipinski definition) is 5. The van der Waals surface area contributed by atoms with Crippen molar-refractivity contribution >= 4 is 56.6 Å². The van der Waals surface area contributed by atoms with E-state index in [1.54, 1.807) is 29.7 Å². The van der Waals surface area contributed by atoms with Gasteiger partial charge in [0.25, 0.3) is 5.91 Å². The fourth-order valence-corrected chi connectivity index (χ4v) is 13.0. The van der Waals surface area contributed by atoms with E-state index >= 15 is 4.39 Å². The smallest absolute Gasteiger partial charge is 0.319 e. The topological polar surface area (TPSA) is 208 Å². The van der Waals surface area contributed by atoms with Crippen LogP contribution in [0.4, 0.5) is 10.2 Å². The summed E-state index contributed by atoms with van der Waals surface area (Å²) < 4.78 is 29.9. The third-order valence-electron chi connectivity index (χ3n) is 16.9. The van der Waals surface area contributed by atoms with Gasteiger partial charge in [-0.05, 0) is 123 Å². The van der Waals surface area contributed by atoms with Gasteiger partial charge in [0.05, 0.1) is 40.2 Å². The number of pyridine rings is 1. The van der Waals surface area contributed by atoms with Crippen molar-refractivity contribution in [2.24, 2.45) is 11.3 Å². The number of halogens is 1. The van der Waals surface area contributed by atoms with Crippen LogP contribution in [0.3, 0.4) is 0 Å². The van der Waals surface area contributed by atoms with Crippen molar-refractivity contribution in [1.29, 1.82) is 0 Å². The second-order valence-corrected chi connectivity index (χ2v) is 24.5. The van der Waals surface area contributed by atoms with E-state index in [0.29, 0.717) is 54.8 Å². The minimum absolute atomic E-state index is 0.0161. The van der Waals surface area contributed by atoms with Gasteiger partial charge in [-0.25, -0.2) is 9.37 Å². The minimum Gasteiger partial charge on any atom is -0.508 e. The number of benzene rings is 3. The van der Waals surface area contributed by atoms with Crippen LogP contribution in [0, 0.1) is 24.1 Å². The number of carbonyl (C=O) groups is 3. The van der Waals surface area contributed by atoms with Gasteiger partial charge in [0.15, 0.2) is 5.82 Å². The summed E-state index contributed by atoms with van der Waals surface area (Å²) in [5.41, 5.74) is 4.75. The Hall–Kier alpha value is -6.38. The Labute approximate surface area is 464 Å². The van der Waals surface area contributed by atoms with E-state index in [0.717, 1.165) is 96.3 Å². The summed E-state index contributed by atoms with van der Waals surface area (Å²) in [5.74, 6) is -0.859. The predicted molar refractivity (Wildman–Crippen MR) is 302 cm³/mol. The number of carbonyl (C=O) groups excluding carboxylic acids is 3. The summed E-state index contributed by atoms with van der Waals surface area (Å²) in [4.78, 5) is 68.2. The van der Waals surface area contributed by atoms with Crippen molar-refractivity contribution in [2.75, 3.05) is 57.4 Å². The molecule has 1 saturated carbocycles. The highest BCUT2D eigenvalue weighted by Gasteiger charge is 2.54. The maximum atomic E-state index is 17.1. The van der Waals surface area contributed by atoms with Crippen molar-refractivity contribution < 1.29 is 38.5 Å². The first kappa shape index (κ1) is 54.6. The summed E-state index contributed by atoms with van der Waals surface area (Å²) in [6.07, 6.45) is 6.50. The Morgan fingerprint density at radius 2 is 1.72 bits per heavy atom. The summed E-state index contributed by atoms with van der Waals surface area (Å²) in [6.45, 7) is 15.9. The molecule has 2 unspecified atom stereocenters. The number of likely N-dealkylation sites (tertiary alicyclic amines) is 2. The summed E-state index contributed by atoms with van der Waals surface area (Å²) in [7, 11) is 0. The number of thiazole rings is 1. The molecule has 5 aliphatic rings. The Morgan fingerprint density at radius 3 is 2.41 bits per heavy atom. The molecule has 17 nitrogen and oxygen atoms in total. The summed E-state index contributed by atoms with van der Waals surface area (Å²) >= 11 is 1.58. The molecule has 3 amide bonds. The molecule has 5 fully saturated rings. The molecular weight excluding hydrogens is 1020 g/mol. The number of aryl methyl sites for hydroxylation is 2. The molecule has 4 saturated heterocycles. The fourth-order valence-electron chi connectivity index (χ4n) is 12.2. The first-order valence-electron chi connectivity index (χ1n) is 28.2. The van der Waals surface area contributed by atoms with E-state index < -0.39 is 40.9 Å². The summed E-state index contributed by atoms with van der Waals surface area (Å²) in [5, 5.41) is 33.6. The second-order valence-electron chi connectivity index (χ2n) is 23.6. The van der Waals surface area contributed by atoms with Gasteiger partial charge in [-0.15, -0.1) is 11.3 Å². The third-order valence-corrected chi connectivity index (χ3v) is 17.9. The molecule has 0 radical (unpaired) electrons. The van der Waals surface area contributed by atoms with Crippen LogP contribution in [0.5, 0.6) is 11.8 Å². The lowest BCUT2D eigenvalue weighted by Gasteiger charge is -2.36. The average Bonchev–Trinajstić information content (AvgIpc) is 3.90. The SMILES string of the molecule is CCc1cccc2cc(O)cc(-c3ncc4c(N5CC6CCC(C5)N6)nc(OCCN5CCC(COC6(C(=O)N[C@H](C(=O)N7C[C@H](O)C[C@H]7C(=O)N[C@@H](C)c7ccc(-c8scnc8C)cc7)C(C)(C)C)CC6)CC5)nc4c3F)c12. The van der Waals surface area contributed by atoms with Crippen LogP contribution in [0.25, 0.3) is 43.4 Å². The number of fused-ring (bicyclic) bond motifs is 4. The lowest BCUT2D eigenvalue weighted by molar-refractivity contribution is -0.147. The molecule has 0 spiro atoms. The predicted octanol–water partition coefficient (Wildman–Crippen LogP) is 7.63. The zero-order valence-corrected chi connectivity index (χ0v) is 46.9. The van der Waals surface area contributed by atoms with Crippen molar-refractivity contribution in [1.82, 2.24) is 45.7 Å². The molecular formula is C60H73FN10O7S. The van der Waals surface area contributed by atoms with Crippen LogP contribution in [-0.2, 0) is 25.5 Å². The fraction of sp³-hybridized carbons (Fsp3) is 0.517. The van der Waals surface area contributed by atoms with E-state index in [2.05, 4.69) is 37.7 Å². The van der Waals surface area contributed by atoms with Crippen molar-refractivity contribution in [3.63, 3.8) is 0 Å².